The number of nitrogens with zero attached hydrogens (tertiary/aromatic N) is 2. The zero-order valence-electron chi connectivity index (χ0n) is 22.2. The van der Waals surface area contributed by atoms with Gasteiger partial charge in [-0.3, -0.25) is 0 Å². The summed E-state index contributed by atoms with van der Waals surface area (Å²) < 4.78 is 15.4. The van der Waals surface area contributed by atoms with E-state index in [0.29, 0.717) is 5.69 Å². The minimum Gasteiger partial charge on any atom is -0.550 e. The quantitative estimate of drug-likeness (QED) is 0.441. The van der Waals surface area contributed by atoms with E-state index >= 15 is 0 Å². The molecule has 0 aliphatic heterocycles. The van der Waals surface area contributed by atoms with Crippen LogP contribution in [0.5, 0.6) is 0 Å². The van der Waals surface area contributed by atoms with Gasteiger partial charge in [0.15, 0.2) is 0 Å². The van der Waals surface area contributed by atoms with Crippen LogP contribution in [0.1, 0.15) is 80.5 Å². The lowest BCUT2D eigenvalue weighted by Crippen LogP contribution is -2.29. The monoisotopic (exact) mass is 519 g/mol. The van der Waals surface area contributed by atoms with Gasteiger partial charge >= 0.3 is 0 Å². The van der Waals surface area contributed by atoms with Gasteiger partial charge < -0.3 is 20.1 Å². The highest BCUT2D eigenvalue weighted by Crippen LogP contribution is 2.37. The van der Waals surface area contributed by atoms with Crippen molar-refractivity contribution in [1.29, 1.82) is 0 Å². The lowest BCUT2D eigenvalue weighted by molar-refractivity contribution is -0.307. The van der Waals surface area contributed by atoms with Crippen molar-refractivity contribution < 1.29 is 24.5 Å². The SMILES string of the molecule is CC(C)(C)c1ccc(CC2CCCc3c2nn(-c2ccc(F)cc2)c3/C=C/[C@@H](O)C[C@@H](O)CC(=O)[O-])cc1. The molecule has 7 heteroatoms. The number of aliphatic hydroxyl groups excluding tert-OH is 2. The molecule has 38 heavy (non-hydrogen) atoms. The number of aliphatic carboxylic acids is 1. The molecule has 0 bridgehead atoms. The maximum absolute atomic E-state index is 13.7. The van der Waals surface area contributed by atoms with E-state index in [0.717, 1.165) is 42.6 Å². The summed E-state index contributed by atoms with van der Waals surface area (Å²) in [5, 5.41) is 36.0. The summed E-state index contributed by atoms with van der Waals surface area (Å²) >= 11 is 0. The van der Waals surface area contributed by atoms with E-state index in [4.69, 9.17) is 5.10 Å². The largest absolute Gasteiger partial charge is 0.550 e. The number of hydrogen-bond donors (Lipinski definition) is 2. The molecule has 6 nitrogen and oxygen atoms in total. The smallest absolute Gasteiger partial charge is 0.123 e. The van der Waals surface area contributed by atoms with Crippen molar-refractivity contribution in [1.82, 2.24) is 9.78 Å². The molecule has 2 N–H and O–H groups in total. The average molecular weight is 520 g/mol. The number of rotatable bonds is 9. The molecule has 1 heterocycles. The molecule has 0 radical (unpaired) electrons. The summed E-state index contributed by atoms with van der Waals surface area (Å²) in [6.45, 7) is 6.61. The van der Waals surface area contributed by atoms with Crippen molar-refractivity contribution in [3.05, 3.63) is 88.5 Å². The van der Waals surface area contributed by atoms with Crippen LogP contribution in [0, 0.1) is 5.82 Å². The first-order chi connectivity index (χ1) is 18.0. The molecular formula is C31H36FN2O4-. The Kier molecular flexibility index (Phi) is 8.48. The van der Waals surface area contributed by atoms with Crippen LogP contribution in [0.3, 0.4) is 0 Å². The van der Waals surface area contributed by atoms with Gasteiger partial charge in [-0.2, -0.15) is 5.10 Å². The Morgan fingerprint density at radius 1 is 1.16 bits per heavy atom. The van der Waals surface area contributed by atoms with E-state index in [-0.39, 0.29) is 23.6 Å². The molecule has 1 aliphatic rings. The van der Waals surface area contributed by atoms with Gasteiger partial charge in [0, 0.05) is 30.3 Å². The van der Waals surface area contributed by atoms with Crippen LogP contribution in [0.15, 0.2) is 54.6 Å². The van der Waals surface area contributed by atoms with Gasteiger partial charge in [-0.1, -0.05) is 51.1 Å². The second-order valence-electron chi connectivity index (χ2n) is 11.3. The Morgan fingerprint density at radius 3 is 2.47 bits per heavy atom. The number of carbonyl (C=O) groups is 1. The highest BCUT2D eigenvalue weighted by atomic mass is 19.1. The number of carboxylic acid groups (broad SMARTS) is 1. The normalized spacial score (nSPS) is 17.4. The Morgan fingerprint density at radius 2 is 1.84 bits per heavy atom. The third-order valence-corrected chi connectivity index (χ3v) is 7.19. The summed E-state index contributed by atoms with van der Waals surface area (Å²) in [5.74, 6) is -1.48. The van der Waals surface area contributed by atoms with Crippen molar-refractivity contribution >= 4 is 12.0 Å². The number of aromatic nitrogens is 2. The number of fused-ring (bicyclic) bond motifs is 1. The topological polar surface area (TPSA) is 98.4 Å². The predicted molar refractivity (Wildman–Crippen MR) is 143 cm³/mol. The highest BCUT2D eigenvalue weighted by Gasteiger charge is 2.28. The zero-order chi connectivity index (χ0) is 27.4. The highest BCUT2D eigenvalue weighted by molar-refractivity contribution is 5.64. The molecule has 1 unspecified atom stereocenters. The number of carbonyl (C=O) groups excluding carboxylic acids is 1. The van der Waals surface area contributed by atoms with Crippen LogP contribution in [0.25, 0.3) is 11.8 Å². The predicted octanol–water partition coefficient (Wildman–Crippen LogP) is 4.24. The Balaban J connectivity index is 1.65. The first kappa shape index (κ1) is 27.7. The van der Waals surface area contributed by atoms with E-state index in [9.17, 15) is 24.5 Å². The maximum atomic E-state index is 13.7. The lowest BCUT2D eigenvalue weighted by Gasteiger charge is -2.23. The first-order valence-electron chi connectivity index (χ1n) is 13.2. The average Bonchev–Trinajstić information content (AvgIpc) is 3.22. The van der Waals surface area contributed by atoms with Gasteiger partial charge in [0.05, 0.1) is 29.3 Å². The molecule has 2 aromatic carbocycles. The van der Waals surface area contributed by atoms with Crippen molar-refractivity contribution in [2.24, 2.45) is 0 Å². The molecule has 3 atom stereocenters. The Labute approximate surface area is 223 Å². The molecular weight excluding hydrogens is 483 g/mol. The molecule has 0 amide bonds. The number of benzene rings is 2. The summed E-state index contributed by atoms with van der Waals surface area (Å²) in [5.41, 5.74) is 6.25. The minimum atomic E-state index is -1.36. The standard InChI is InChI=1S/C31H37FN2O4/c1-31(2,3)22-9-7-20(8-10-22)17-21-5-4-6-27-28(16-15-25(35)18-26(36)19-29(37)38)34(33-30(21)27)24-13-11-23(32)12-14-24/h7-16,21,25-26,35-36H,4-6,17-19H2,1-3H3,(H,37,38)/p-1/b16-15+/t21?,25-,26-/m1/s1. The molecule has 1 aliphatic carbocycles. The van der Waals surface area contributed by atoms with E-state index in [2.05, 4.69) is 45.0 Å². The van der Waals surface area contributed by atoms with Crippen LogP contribution >= 0.6 is 0 Å². The Bertz CT molecular complexity index is 1270. The Hall–Kier alpha value is -3.29. The summed E-state index contributed by atoms with van der Waals surface area (Å²) in [7, 11) is 0. The van der Waals surface area contributed by atoms with E-state index < -0.39 is 24.6 Å². The zero-order valence-corrected chi connectivity index (χ0v) is 22.2. The third kappa shape index (κ3) is 6.77. The second-order valence-corrected chi connectivity index (χ2v) is 11.3. The fraction of sp³-hybridized carbons (Fsp3) is 0.419. The van der Waals surface area contributed by atoms with Gasteiger partial charge in [-0.05, 0) is 72.6 Å². The van der Waals surface area contributed by atoms with Crippen LogP contribution in [0.2, 0.25) is 0 Å². The summed E-state index contributed by atoms with van der Waals surface area (Å²) in [4.78, 5) is 10.7. The first-order valence-corrected chi connectivity index (χ1v) is 13.2. The fourth-order valence-electron chi connectivity index (χ4n) is 5.14. The van der Waals surface area contributed by atoms with Crippen LogP contribution in [-0.2, 0) is 23.1 Å². The van der Waals surface area contributed by atoms with Gasteiger partial charge in [0.25, 0.3) is 0 Å². The second kappa shape index (κ2) is 11.6. The molecule has 0 saturated heterocycles. The minimum absolute atomic E-state index is 0.0941. The van der Waals surface area contributed by atoms with Crippen LogP contribution in [-0.4, -0.2) is 38.2 Å². The molecule has 0 fully saturated rings. The molecule has 0 saturated carbocycles. The van der Waals surface area contributed by atoms with E-state index in [1.807, 2.05) is 0 Å². The van der Waals surface area contributed by atoms with Gasteiger partial charge in [0.2, 0.25) is 0 Å². The molecule has 0 spiro atoms. The third-order valence-electron chi connectivity index (χ3n) is 7.19. The van der Waals surface area contributed by atoms with Crippen molar-refractivity contribution in [2.75, 3.05) is 0 Å². The van der Waals surface area contributed by atoms with Crippen molar-refractivity contribution in [3.8, 4) is 5.69 Å². The van der Waals surface area contributed by atoms with Crippen LogP contribution < -0.4 is 5.11 Å². The van der Waals surface area contributed by atoms with Gasteiger partial charge in [-0.25, -0.2) is 9.07 Å². The fourth-order valence-corrected chi connectivity index (χ4v) is 5.14. The van der Waals surface area contributed by atoms with Gasteiger partial charge in [-0.15, -0.1) is 0 Å². The summed E-state index contributed by atoms with van der Waals surface area (Å²) in [6.07, 6.45) is 4.11. The maximum Gasteiger partial charge on any atom is 0.123 e. The van der Waals surface area contributed by atoms with Crippen molar-refractivity contribution in [3.63, 3.8) is 0 Å². The molecule has 202 valence electrons. The van der Waals surface area contributed by atoms with E-state index in [1.165, 1.54) is 23.3 Å². The van der Waals surface area contributed by atoms with Gasteiger partial charge in [0.1, 0.15) is 5.82 Å². The number of halogens is 1. The van der Waals surface area contributed by atoms with Crippen LogP contribution in [0.4, 0.5) is 4.39 Å². The number of hydrogen-bond acceptors (Lipinski definition) is 5. The summed E-state index contributed by atoms with van der Waals surface area (Å²) in [6, 6.07) is 14.9. The molecule has 1 aromatic heterocycles. The molecule has 4 rings (SSSR count). The van der Waals surface area contributed by atoms with Crippen molar-refractivity contribution in [2.45, 2.75) is 82.8 Å². The molecule has 3 aromatic rings. The lowest BCUT2D eigenvalue weighted by atomic mass is 9.82. The number of carboxylic acids is 1. The van der Waals surface area contributed by atoms with E-state index in [1.54, 1.807) is 29.0 Å². The number of aliphatic hydroxyl groups is 2.